The van der Waals surface area contributed by atoms with E-state index in [0.29, 0.717) is 12.5 Å². The van der Waals surface area contributed by atoms with Gasteiger partial charge in [-0.25, -0.2) is 4.79 Å². The molecule has 126 valence electrons. The number of rotatable bonds is 4. The van der Waals surface area contributed by atoms with Gasteiger partial charge in [0.1, 0.15) is 0 Å². The molecule has 0 radical (unpaired) electrons. The summed E-state index contributed by atoms with van der Waals surface area (Å²) in [7, 11) is 0. The van der Waals surface area contributed by atoms with Crippen molar-refractivity contribution in [3.05, 3.63) is 34.9 Å². The van der Waals surface area contributed by atoms with Crippen molar-refractivity contribution in [2.75, 3.05) is 52.5 Å². The fourth-order valence-electron chi connectivity index (χ4n) is 3.26. The molecule has 2 saturated heterocycles. The SMILES string of the molecule is O=C(NCCN1CCOCC1)N1CCC(c2ccccc2Cl)C1. The molecule has 0 spiro atoms. The van der Waals surface area contributed by atoms with Crippen LogP contribution in [0.1, 0.15) is 17.9 Å². The second-order valence-electron chi connectivity index (χ2n) is 6.14. The summed E-state index contributed by atoms with van der Waals surface area (Å²) in [6.45, 7) is 6.59. The molecule has 0 aliphatic carbocycles. The molecule has 2 amide bonds. The molecule has 1 aromatic rings. The number of hydrogen-bond donors (Lipinski definition) is 1. The van der Waals surface area contributed by atoms with Gasteiger partial charge in [-0.2, -0.15) is 0 Å². The molecule has 5 nitrogen and oxygen atoms in total. The van der Waals surface area contributed by atoms with Gasteiger partial charge in [-0.15, -0.1) is 0 Å². The van der Waals surface area contributed by atoms with Crippen LogP contribution in [0, 0.1) is 0 Å². The van der Waals surface area contributed by atoms with Crippen LogP contribution in [0.15, 0.2) is 24.3 Å². The van der Waals surface area contributed by atoms with Crippen LogP contribution >= 0.6 is 11.6 Å². The highest BCUT2D eigenvalue weighted by Crippen LogP contribution is 2.31. The molecular weight excluding hydrogens is 314 g/mol. The normalized spacial score (nSPS) is 22.3. The first-order valence-electron chi connectivity index (χ1n) is 8.31. The number of carbonyl (C=O) groups is 1. The van der Waals surface area contributed by atoms with E-state index in [1.54, 1.807) is 0 Å². The van der Waals surface area contributed by atoms with E-state index < -0.39 is 0 Å². The number of urea groups is 1. The average Bonchev–Trinajstić information content (AvgIpc) is 3.06. The summed E-state index contributed by atoms with van der Waals surface area (Å²) in [4.78, 5) is 16.5. The Morgan fingerprint density at radius 2 is 2.04 bits per heavy atom. The fourth-order valence-corrected chi connectivity index (χ4v) is 3.55. The second kappa shape index (κ2) is 7.99. The van der Waals surface area contributed by atoms with Gasteiger partial charge in [0.25, 0.3) is 0 Å². The molecule has 3 rings (SSSR count). The first-order valence-corrected chi connectivity index (χ1v) is 8.69. The van der Waals surface area contributed by atoms with E-state index in [9.17, 15) is 4.79 Å². The highest BCUT2D eigenvalue weighted by Gasteiger charge is 2.28. The van der Waals surface area contributed by atoms with Gasteiger partial charge in [0.2, 0.25) is 0 Å². The smallest absolute Gasteiger partial charge is 0.317 e. The monoisotopic (exact) mass is 337 g/mol. The summed E-state index contributed by atoms with van der Waals surface area (Å²) in [5.74, 6) is 0.341. The molecule has 2 heterocycles. The Hall–Kier alpha value is -1.30. The predicted molar refractivity (Wildman–Crippen MR) is 91.0 cm³/mol. The molecule has 1 atom stereocenters. The lowest BCUT2D eigenvalue weighted by Crippen LogP contribution is -2.44. The molecule has 0 saturated carbocycles. The first-order chi connectivity index (χ1) is 11.2. The summed E-state index contributed by atoms with van der Waals surface area (Å²) in [6.07, 6.45) is 0.973. The van der Waals surface area contributed by atoms with Crippen LogP contribution in [-0.2, 0) is 4.74 Å². The predicted octanol–water partition coefficient (Wildman–Crippen LogP) is 2.17. The molecular formula is C17H24ClN3O2. The van der Waals surface area contributed by atoms with Crippen LogP contribution in [0.25, 0.3) is 0 Å². The number of benzene rings is 1. The fraction of sp³-hybridized carbons (Fsp3) is 0.588. The lowest BCUT2D eigenvalue weighted by Gasteiger charge is -2.27. The van der Waals surface area contributed by atoms with Crippen LogP contribution in [0.5, 0.6) is 0 Å². The maximum atomic E-state index is 12.3. The summed E-state index contributed by atoms with van der Waals surface area (Å²) >= 11 is 6.27. The van der Waals surface area contributed by atoms with E-state index >= 15 is 0 Å². The molecule has 2 aliphatic rings. The van der Waals surface area contributed by atoms with Crippen molar-refractivity contribution in [2.24, 2.45) is 0 Å². The number of likely N-dealkylation sites (tertiary alicyclic amines) is 1. The molecule has 6 heteroatoms. The zero-order valence-electron chi connectivity index (χ0n) is 13.3. The van der Waals surface area contributed by atoms with Crippen LogP contribution < -0.4 is 5.32 Å². The van der Waals surface area contributed by atoms with Crippen LogP contribution in [0.4, 0.5) is 4.79 Å². The molecule has 2 fully saturated rings. The van der Waals surface area contributed by atoms with Crippen molar-refractivity contribution in [3.63, 3.8) is 0 Å². The van der Waals surface area contributed by atoms with Crippen LogP contribution in [0.3, 0.4) is 0 Å². The van der Waals surface area contributed by atoms with Gasteiger partial charge in [0, 0.05) is 50.2 Å². The van der Waals surface area contributed by atoms with E-state index in [-0.39, 0.29) is 6.03 Å². The number of hydrogen-bond acceptors (Lipinski definition) is 3. The minimum atomic E-state index is 0.0350. The Bertz CT molecular complexity index is 534. The molecule has 23 heavy (non-hydrogen) atoms. The van der Waals surface area contributed by atoms with Gasteiger partial charge >= 0.3 is 6.03 Å². The Labute approximate surface area is 142 Å². The quantitative estimate of drug-likeness (QED) is 0.916. The number of nitrogens with zero attached hydrogens (tertiary/aromatic N) is 2. The molecule has 0 bridgehead atoms. The van der Waals surface area contributed by atoms with E-state index in [1.807, 2.05) is 23.1 Å². The summed E-state index contributed by atoms with van der Waals surface area (Å²) in [6, 6.07) is 7.96. The molecule has 0 aromatic heterocycles. The van der Waals surface area contributed by atoms with Crippen LogP contribution in [0.2, 0.25) is 5.02 Å². The lowest BCUT2D eigenvalue weighted by atomic mass is 9.98. The molecule has 1 unspecified atom stereocenters. The van der Waals surface area contributed by atoms with Gasteiger partial charge in [-0.1, -0.05) is 29.8 Å². The van der Waals surface area contributed by atoms with Crippen molar-refractivity contribution in [3.8, 4) is 0 Å². The number of carbonyl (C=O) groups excluding carboxylic acids is 1. The van der Waals surface area contributed by atoms with E-state index in [0.717, 1.165) is 62.9 Å². The minimum absolute atomic E-state index is 0.0350. The summed E-state index contributed by atoms with van der Waals surface area (Å²) < 4.78 is 5.32. The van der Waals surface area contributed by atoms with Crippen molar-refractivity contribution < 1.29 is 9.53 Å². The number of amides is 2. The van der Waals surface area contributed by atoms with E-state index in [4.69, 9.17) is 16.3 Å². The average molecular weight is 338 g/mol. The standard InChI is InChI=1S/C17H24ClN3O2/c18-16-4-2-1-3-15(16)14-5-7-21(13-14)17(22)19-6-8-20-9-11-23-12-10-20/h1-4,14H,5-13H2,(H,19,22). The molecule has 1 aromatic carbocycles. The first kappa shape index (κ1) is 16.6. The second-order valence-corrected chi connectivity index (χ2v) is 6.55. The van der Waals surface area contributed by atoms with Crippen molar-refractivity contribution in [1.29, 1.82) is 0 Å². The van der Waals surface area contributed by atoms with Crippen LogP contribution in [-0.4, -0.2) is 68.3 Å². The van der Waals surface area contributed by atoms with Crippen molar-refractivity contribution >= 4 is 17.6 Å². The highest BCUT2D eigenvalue weighted by atomic mass is 35.5. The number of ether oxygens (including phenoxy) is 1. The minimum Gasteiger partial charge on any atom is -0.379 e. The highest BCUT2D eigenvalue weighted by molar-refractivity contribution is 6.31. The number of morpholine rings is 1. The maximum absolute atomic E-state index is 12.3. The van der Waals surface area contributed by atoms with Crippen molar-refractivity contribution in [1.82, 2.24) is 15.1 Å². The topological polar surface area (TPSA) is 44.8 Å². The van der Waals surface area contributed by atoms with Gasteiger partial charge in [-0.05, 0) is 18.1 Å². The van der Waals surface area contributed by atoms with E-state index in [2.05, 4.69) is 16.3 Å². The van der Waals surface area contributed by atoms with Crippen molar-refractivity contribution in [2.45, 2.75) is 12.3 Å². The van der Waals surface area contributed by atoms with Gasteiger partial charge in [0.05, 0.1) is 13.2 Å². The number of nitrogens with one attached hydrogen (secondary N) is 1. The zero-order valence-corrected chi connectivity index (χ0v) is 14.1. The maximum Gasteiger partial charge on any atom is 0.317 e. The Balaban J connectivity index is 1.43. The third kappa shape index (κ3) is 4.37. The Kier molecular flexibility index (Phi) is 5.75. The van der Waals surface area contributed by atoms with E-state index in [1.165, 1.54) is 0 Å². The zero-order chi connectivity index (χ0) is 16.1. The van der Waals surface area contributed by atoms with Gasteiger partial charge in [0.15, 0.2) is 0 Å². The molecule has 2 aliphatic heterocycles. The third-order valence-corrected chi connectivity index (χ3v) is 4.97. The molecule has 1 N–H and O–H groups in total. The number of halogens is 1. The van der Waals surface area contributed by atoms with Gasteiger partial charge < -0.3 is 15.0 Å². The lowest BCUT2D eigenvalue weighted by molar-refractivity contribution is 0.0386. The van der Waals surface area contributed by atoms with Gasteiger partial charge in [-0.3, -0.25) is 4.90 Å². The summed E-state index contributed by atoms with van der Waals surface area (Å²) in [5, 5.41) is 3.83. The Morgan fingerprint density at radius 3 is 2.83 bits per heavy atom. The summed E-state index contributed by atoms with van der Waals surface area (Å²) in [5.41, 5.74) is 1.15. The Morgan fingerprint density at radius 1 is 1.26 bits per heavy atom. The third-order valence-electron chi connectivity index (χ3n) is 4.63. The largest absolute Gasteiger partial charge is 0.379 e.